The first-order valence-electron chi connectivity index (χ1n) is 7.41. The highest BCUT2D eigenvalue weighted by Gasteiger charge is 2.49. The number of nitrogens with one attached hydrogen (secondary N) is 1. The minimum atomic E-state index is -4.94. The summed E-state index contributed by atoms with van der Waals surface area (Å²) in [6.45, 7) is -0.417. The summed E-state index contributed by atoms with van der Waals surface area (Å²) in [4.78, 5) is 2.83. The van der Waals surface area contributed by atoms with E-state index in [2.05, 4.69) is 10.3 Å². The third kappa shape index (κ3) is 3.97. The summed E-state index contributed by atoms with van der Waals surface area (Å²) >= 11 is 5.88. The van der Waals surface area contributed by atoms with E-state index in [0.717, 1.165) is 29.0 Å². The topological polar surface area (TPSA) is 118 Å². The van der Waals surface area contributed by atoms with Crippen molar-refractivity contribution in [3.8, 4) is 0 Å². The maximum absolute atomic E-state index is 12.7. The van der Waals surface area contributed by atoms with E-state index in [9.17, 15) is 35.1 Å². The molecule has 0 aliphatic rings. The van der Waals surface area contributed by atoms with Crippen molar-refractivity contribution in [2.45, 2.75) is 28.8 Å². The zero-order valence-corrected chi connectivity index (χ0v) is 16.8. The third-order valence-corrected chi connectivity index (χ3v) is 9.07. The molecule has 0 bridgehead atoms. The van der Waals surface area contributed by atoms with Gasteiger partial charge < -0.3 is 15.0 Å². The molecule has 2 N–H and O–H groups in total. The molecular weight excluding hydrogens is 447 g/mol. The highest BCUT2D eigenvalue weighted by atomic mass is 35.5. The summed E-state index contributed by atoms with van der Waals surface area (Å²) in [5.74, 6) is 0. The van der Waals surface area contributed by atoms with E-state index in [0.29, 0.717) is 6.92 Å². The van der Waals surface area contributed by atoms with E-state index in [1.807, 2.05) is 0 Å². The molecule has 1 atom stereocenters. The molecule has 0 amide bonds. The number of imidazole rings is 1. The van der Waals surface area contributed by atoms with Gasteiger partial charge in [0.25, 0.3) is 8.87 Å². The lowest BCUT2D eigenvalue weighted by Gasteiger charge is -2.27. The lowest BCUT2D eigenvalue weighted by molar-refractivity contribution is -0.246. The first-order chi connectivity index (χ1) is 12.6. The summed E-state index contributed by atoms with van der Waals surface area (Å²) < 4.78 is 88.9. The van der Waals surface area contributed by atoms with Gasteiger partial charge in [0.05, 0.1) is 22.2 Å². The minimum absolute atomic E-state index is 0.125. The van der Waals surface area contributed by atoms with Crippen LogP contribution in [0.1, 0.15) is 6.92 Å². The second-order valence-electron chi connectivity index (χ2n) is 6.00. The van der Waals surface area contributed by atoms with E-state index in [1.54, 1.807) is 0 Å². The Morgan fingerprint density at radius 1 is 1.21 bits per heavy atom. The van der Waals surface area contributed by atoms with Crippen molar-refractivity contribution < 1.29 is 35.1 Å². The van der Waals surface area contributed by atoms with E-state index >= 15 is 0 Å². The molecule has 0 spiro atoms. The van der Waals surface area contributed by atoms with Crippen LogP contribution in [0.3, 0.4) is 0 Å². The molecule has 0 radical (unpaired) electrons. The summed E-state index contributed by atoms with van der Waals surface area (Å²) in [7, 11) is -8.56. The van der Waals surface area contributed by atoms with Crippen molar-refractivity contribution >= 4 is 35.0 Å². The van der Waals surface area contributed by atoms with E-state index in [4.69, 9.17) is 11.6 Å². The van der Waals surface area contributed by atoms with Gasteiger partial charge in [-0.15, -0.1) is 0 Å². The number of benzene rings is 1. The van der Waals surface area contributed by atoms with Crippen LogP contribution in [-0.2, 0) is 24.8 Å². The van der Waals surface area contributed by atoms with Crippen LogP contribution in [0.4, 0.5) is 18.9 Å². The molecule has 0 aliphatic carbocycles. The average molecular weight is 462 g/mol. The number of halogens is 4. The molecule has 28 heavy (non-hydrogen) atoms. The monoisotopic (exact) mass is 461 g/mol. The van der Waals surface area contributed by atoms with Crippen LogP contribution in [0.2, 0.25) is 5.02 Å². The van der Waals surface area contributed by atoms with Crippen LogP contribution < -0.4 is 5.32 Å². The minimum Gasteiger partial charge on any atom is -0.381 e. The summed E-state index contributed by atoms with van der Waals surface area (Å²) in [5.41, 5.74) is -3.19. The SMILES string of the molecule is Cn1ccnc1S(=O)(=O)S(=O)(=O)c1ccc(NC[C@@](C)(O)C(F)(F)F)c(Cl)c1. The van der Waals surface area contributed by atoms with Gasteiger partial charge in [-0.1, -0.05) is 11.6 Å². The first-order valence-corrected chi connectivity index (χ1v) is 11.3. The van der Waals surface area contributed by atoms with Crippen molar-refractivity contribution in [3.05, 3.63) is 35.6 Å². The molecule has 14 heteroatoms. The number of hydrogen-bond acceptors (Lipinski definition) is 7. The van der Waals surface area contributed by atoms with Gasteiger partial charge in [0.1, 0.15) is 0 Å². The van der Waals surface area contributed by atoms with Crippen LogP contribution >= 0.6 is 11.6 Å². The lowest BCUT2D eigenvalue weighted by atomic mass is 10.1. The first kappa shape index (κ1) is 22.5. The fourth-order valence-corrected chi connectivity index (χ4v) is 5.98. The summed E-state index contributed by atoms with van der Waals surface area (Å²) in [6, 6.07) is 2.64. The van der Waals surface area contributed by atoms with Crippen molar-refractivity contribution in [1.29, 1.82) is 0 Å². The number of nitrogens with zero attached hydrogens (tertiary/aromatic N) is 2. The molecule has 2 aromatic rings. The molecule has 0 saturated carbocycles. The fraction of sp³-hybridized carbons (Fsp3) is 0.357. The maximum Gasteiger partial charge on any atom is 0.418 e. The second kappa shape index (κ2) is 7.21. The Hall–Kier alpha value is -1.83. The molecule has 156 valence electrons. The number of aliphatic hydroxyl groups is 1. The molecule has 0 saturated heterocycles. The van der Waals surface area contributed by atoms with Gasteiger partial charge in [-0.25, -0.2) is 21.8 Å². The number of aromatic nitrogens is 2. The zero-order valence-electron chi connectivity index (χ0n) is 14.4. The van der Waals surface area contributed by atoms with Gasteiger partial charge in [0.15, 0.2) is 5.60 Å². The highest BCUT2D eigenvalue weighted by molar-refractivity contribution is 8.67. The molecule has 1 aromatic heterocycles. The van der Waals surface area contributed by atoms with Crippen LogP contribution in [-0.4, -0.2) is 49.8 Å². The molecule has 1 aromatic carbocycles. The predicted octanol–water partition coefficient (Wildman–Crippen LogP) is 1.96. The number of rotatable bonds is 6. The van der Waals surface area contributed by atoms with E-state index < -0.39 is 46.1 Å². The number of alkyl halides is 3. The molecule has 2 rings (SSSR count). The van der Waals surface area contributed by atoms with Crippen LogP contribution in [0.25, 0.3) is 0 Å². The molecule has 0 fully saturated rings. The van der Waals surface area contributed by atoms with Gasteiger partial charge in [0, 0.05) is 19.4 Å². The predicted molar refractivity (Wildman–Crippen MR) is 94.2 cm³/mol. The van der Waals surface area contributed by atoms with Crippen molar-refractivity contribution in [2.75, 3.05) is 11.9 Å². The summed E-state index contributed by atoms with van der Waals surface area (Å²) in [6.07, 6.45) is -2.56. The smallest absolute Gasteiger partial charge is 0.381 e. The van der Waals surface area contributed by atoms with Crippen LogP contribution in [0.15, 0.2) is 40.6 Å². The summed E-state index contributed by atoms with van der Waals surface area (Å²) in [5, 5.41) is 10.6. The van der Waals surface area contributed by atoms with E-state index in [1.165, 1.54) is 13.2 Å². The van der Waals surface area contributed by atoms with E-state index in [-0.39, 0.29) is 10.7 Å². The Balaban J connectivity index is 2.35. The molecular formula is C14H15ClF3N3O5S2. The Labute approximate surface area is 163 Å². The van der Waals surface area contributed by atoms with Crippen molar-refractivity contribution in [1.82, 2.24) is 9.55 Å². The maximum atomic E-state index is 12.7. The van der Waals surface area contributed by atoms with Gasteiger partial charge in [-0.2, -0.15) is 13.2 Å². The fourth-order valence-electron chi connectivity index (χ4n) is 1.98. The number of aryl methyl sites for hydroxylation is 1. The number of anilines is 1. The third-order valence-electron chi connectivity index (χ3n) is 3.75. The van der Waals surface area contributed by atoms with Crippen LogP contribution in [0, 0.1) is 0 Å². The molecule has 0 unspecified atom stereocenters. The highest BCUT2D eigenvalue weighted by Crippen LogP contribution is 2.33. The quantitative estimate of drug-likeness (QED) is 0.631. The molecule has 8 nitrogen and oxygen atoms in total. The van der Waals surface area contributed by atoms with Crippen molar-refractivity contribution in [3.63, 3.8) is 0 Å². The van der Waals surface area contributed by atoms with Gasteiger partial charge in [-0.05, 0) is 25.1 Å². The Morgan fingerprint density at radius 2 is 1.82 bits per heavy atom. The molecule has 0 aliphatic heterocycles. The number of hydrogen-bond donors (Lipinski definition) is 2. The Bertz CT molecular complexity index is 1100. The van der Waals surface area contributed by atoms with Crippen molar-refractivity contribution in [2.24, 2.45) is 7.05 Å². The lowest BCUT2D eigenvalue weighted by Crippen LogP contribution is -2.47. The molecule has 1 heterocycles. The zero-order chi connectivity index (χ0) is 21.5. The Kier molecular flexibility index (Phi) is 5.78. The van der Waals surface area contributed by atoms with Gasteiger partial charge >= 0.3 is 15.0 Å². The van der Waals surface area contributed by atoms with Gasteiger partial charge in [-0.3, -0.25) is 0 Å². The van der Waals surface area contributed by atoms with Crippen LogP contribution in [0.5, 0.6) is 0 Å². The average Bonchev–Trinajstić information content (AvgIpc) is 2.99. The largest absolute Gasteiger partial charge is 0.418 e. The standard InChI is InChI=1S/C14H15ClF3N3O5S2/c1-13(22,14(16,17)18)8-20-11-4-3-9(7-10(11)15)27(23,24)28(25,26)12-19-5-6-21(12)2/h3-7,20,22H,8H2,1-2H3/t13-/m1/s1. The second-order valence-corrected chi connectivity index (χ2v) is 11.7. The normalized spacial score (nSPS) is 15.2. The Morgan fingerprint density at radius 3 is 2.29 bits per heavy atom. The van der Waals surface area contributed by atoms with Gasteiger partial charge in [0.2, 0.25) is 5.16 Å².